The van der Waals surface area contributed by atoms with E-state index in [1.807, 2.05) is 17.7 Å². The molecular weight excluding hydrogens is 266 g/mol. The maximum absolute atomic E-state index is 12.0. The largest absolute Gasteiger partial charge is 0.370 e. The molecule has 21 heavy (non-hydrogen) atoms. The van der Waals surface area contributed by atoms with Crippen molar-refractivity contribution >= 4 is 11.7 Å². The van der Waals surface area contributed by atoms with Gasteiger partial charge in [-0.1, -0.05) is 0 Å². The van der Waals surface area contributed by atoms with Crippen LogP contribution in [-0.4, -0.2) is 33.5 Å². The molecule has 0 aliphatic rings. The molecule has 0 aliphatic carbocycles. The summed E-state index contributed by atoms with van der Waals surface area (Å²) in [5.74, 6) is 0.671. The summed E-state index contributed by atoms with van der Waals surface area (Å²) in [5.41, 5.74) is 0.635. The number of unbranched alkanes of at least 4 members (excludes halogenated alkanes) is 1. The zero-order valence-corrected chi connectivity index (χ0v) is 12.2. The number of hydrogen-bond acceptors (Lipinski definition) is 4. The maximum Gasteiger partial charge on any atom is 0.251 e. The molecule has 0 aromatic carbocycles. The second-order valence-electron chi connectivity index (χ2n) is 4.72. The first-order chi connectivity index (χ1) is 10.3. The van der Waals surface area contributed by atoms with Gasteiger partial charge in [-0.25, -0.2) is 9.97 Å². The molecule has 0 saturated heterocycles. The quantitative estimate of drug-likeness (QED) is 0.728. The average molecular weight is 287 g/mol. The standard InChI is InChI=1S/C15H21N5O/c1-2-17-14-11-13(5-7-18-14)15(21)19-6-3-4-9-20-10-8-16-12-20/h5,7-8,10-12H,2-4,6,9H2,1H3,(H,17,18)(H,19,21). The molecular formula is C15H21N5O. The van der Waals surface area contributed by atoms with Gasteiger partial charge in [0.2, 0.25) is 0 Å². The fraction of sp³-hybridized carbons (Fsp3) is 0.400. The highest BCUT2D eigenvalue weighted by molar-refractivity contribution is 5.94. The highest BCUT2D eigenvalue weighted by Gasteiger charge is 2.05. The summed E-state index contributed by atoms with van der Waals surface area (Å²) in [6.45, 7) is 4.38. The number of hydrogen-bond donors (Lipinski definition) is 2. The van der Waals surface area contributed by atoms with Crippen LogP contribution in [0.4, 0.5) is 5.82 Å². The van der Waals surface area contributed by atoms with Gasteiger partial charge in [0.15, 0.2) is 0 Å². The number of aromatic nitrogens is 3. The Bertz CT molecular complexity index is 553. The molecule has 1 amide bonds. The lowest BCUT2D eigenvalue weighted by atomic mass is 10.2. The third kappa shape index (κ3) is 4.91. The molecule has 0 unspecified atom stereocenters. The van der Waals surface area contributed by atoms with Crippen molar-refractivity contribution in [1.29, 1.82) is 0 Å². The van der Waals surface area contributed by atoms with Crippen LogP contribution < -0.4 is 10.6 Å². The lowest BCUT2D eigenvalue weighted by Gasteiger charge is -2.07. The number of rotatable bonds is 8. The van der Waals surface area contributed by atoms with Crippen LogP contribution in [0.25, 0.3) is 0 Å². The summed E-state index contributed by atoms with van der Waals surface area (Å²) in [7, 11) is 0. The molecule has 2 rings (SSSR count). The Hall–Kier alpha value is -2.37. The Kier molecular flexibility index (Phi) is 5.75. The molecule has 6 nitrogen and oxygen atoms in total. The first kappa shape index (κ1) is 15.0. The molecule has 2 aromatic rings. The number of amides is 1. The fourth-order valence-corrected chi connectivity index (χ4v) is 1.99. The van der Waals surface area contributed by atoms with Gasteiger partial charge in [-0.2, -0.15) is 0 Å². The van der Waals surface area contributed by atoms with Crippen LogP contribution >= 0.6 is 0 Å². The van der Waals surface area contributed by atoms with E-state index in [4.69, 9.17) is 0 Å². The zero-order valence-electron chi connectivity index (χ0n) is 12.2. The number of carbonyl (C=O) groups excluding carboxylic acids is 1. The van der Waals surface area contributed by atoms with Crippen LogP contribution in [0.15, 0.2) is 37.1 Å². The zero-order chi connectivity index (χ0) is 14.9. The molecule has 0 atom stereocenters. The Morgan fingerprint density at radius 2 is 2.24 bits per heavy atom. The average Bonchev–Trinajstić information content (AvgIpc) is 3.01. The molecule has 0 saturated carbocycles. The lowest BCUT2D eigenvalue weighted by molar-refractivity contribution is 0.0953. The number of imidazole rings is 1. The minimum Gasteiger partial charge on any atom is -0.370 e. The van der Waals surface area contributed by atoms with E-state index in [2.05, 4.69) is 20.6 Å². The van der Waals surface area contributed by atoms with E-state index in [0.29, 0.717) is 12.1 Å². The van der Waals surface area contributed by atoms with Crippen molar-refractivity contribution in [3.05, 3.63) is 42.6 Å². The molecule has 0 radical (unpaired) electrons. The number of pyridine rings is 1. The normalized spacial score (nSPS) is 10.3. The molecule has 2 N–H and O–H groups in total. The van der Waals surface area contributed by atoms with E-state index in [1.54, 1.807) is 30.9 Å². The summed E-state index contributed by atoms with van der Waals surface area (Å²) in [6, 6.07) is 3.49. The summed E-state index contributed by atoms with van der Waals surface area (Å²) in [4.78, 5) is 20.2. The van der Waals surface area contributed by atoms with Crippen LogP contribution in [0.2, 0.25) is 0 Å². The van der Waals surface area contributed by atoms with Crippen molar-refractivity contribution in [3.8, 4) is 0 Å². The smallest absolute Gasteiger partial charge is 0.251 e. The van der Waals surface area contributed by atoms with Crippen molar-refractivity contribution < 1.29 is 4.79 Å². The minimum absolute atomic E-state index is 0.0563. The van der Waals surface area contributed by atoms with Gasteiger partial charge in [0, 0.05) is 43.8 Å². The predicted octanol–water partition coefficient (Wildman–Crippen LogP) is 1.92. The SMILES string of the molecule is CCNc1cc(C(=O)NCCCCn2ccnc2)ccn1. The Labute approximate surface area is 124 Å². The third-order valence-electron chi connectivity index (χ3n) is 3.07. The first-order valence-corrected chi connectivity index (χ1v) is 7.23. The number of carbonyl (C=O) groups is 1. The molecule has 2 heterocycles. The maximum atomic E-state index is 12.0. The molecule has 0 aliphatic heterocycles. The number of nitrogens with one attached hydrogen (secondary N) is 2. The monoisotopic (exact) mass is 287 g/mol. The van der Waals surface area contributed by atoms with Crippen LogP contribution in [0.1, 0.15) is 30.1 Å². The van der Waals surface area contributed by atoms with E-state index in [1.165, 1.54) is 0 Å². The highest BCUT2D eigenvalue weighted by atomic mass is 16.1. The van der Waals surface area contributed by atoms with Crippen molar-refractivity contribution in [2.24, 2.45) is 0 Å². The number of nitrogens with zero attached hydrogens (tertiary/aromatic N) is 3. The molecule has 2 aromatic heterocycles. The minimum atomic E-state index is -0.0563. The van der Waals surface area contributed by atoms with E-state index >= 15 is 0 Å². The molecule has 6 heteroatoms. The van der Waals surface area contributed by atoms with Crippen LogP contribution in [0.3, 0.4) is 0 Å². The van der Waals surface area contributed by atoms with Crippen LogP contribution in [0.5, 0.6) is 0 Å². The van der Waals surface area contributed by atoms with Gasteiger partial charge < -0.3 is 15.2 Å². The van der Waals surface area contributed by atoms with Crippen LogP contribution in [-0.2, 0) is 6.54 Å². The lowest BCUT2D eigenvalue weighted by Crippen LogP contribution is -2.24. The van der Waals surface area contributed by atoms with Crippen LogP contribution in [0, 0.1) is 0 Å². The van der Waals surface area contributed by atoms with Gasteiger partial charge in [0.25, 0.3) is 5.91 Å². The molecule has 112 valence electrons. The fourth-order valence-electron chi connectivity index (χ4n) is 1.99. The van der Waals surface area contributed by atoms with E-state index < -0.39 is 0 Å². The summed E-state index contributed by atoms with van der Waals surface area (Å²) >= 11 is 0. The van der Waals surface area contributed by atoms with E-state index in [9.17, 15) is 4.79 Å². The first-order valence-electron chi connectivity index (χ1n) is 7.23. The van der Waals surface area contributed by atoms with Gasteiger partial charge in [-0.3, -0.25) is 4.79 Å². The second-order valence-corrected chi connectivity index (χ2v) is 4.72. The molecule has 0 bridgehead atoms. The van der Waals surface area contributed by atoms with Crippen molar-refractivity contribution in [2.45, 2.75) is 26.3 Å². The predicted molar refractivity (Wildman–Crippen MR) is 82.2 cm³/mol. The summed E-state index contributed by atoms with van der Waals surface area (Å²) in [5, 5.41) is 6.02. The summed E-state index contributed by atoms with van der Waals surface area (Å²) < 4.78 is 2.04. The highest BCUT2D eigenvalue weighted by Crippen LogP contribution is 2.06. The second kappa shape index (κ2) is 8.04. The topological polar surface area (TPSA) is 71.8 Å². The van der Waals surface area contributed by atoms with Crippen molar-refractivity contribution in [3.63, 3.8) is 0 Å². The van der Waals surface area contributed by atoms with Crippen molar-refractivity contribution in [1.82, 2.24) is 19.9 Å². The van der Waals surface area contributed by atoms with Gasteiger partial charge in [0.1, 0.15) is 5.82 Å². The molecule has 0 fully saturated rings. The van der Waals surface area contributed by atoms with Gasteiger partial charge in [-0.05, 0) is 31.9 Å². The van der Waals surface area contributed by atoms with Gasteiger partial charge >= 0.3 is 0 Å². The summed E-state index contributed by atoms with van der Waals surface area (Å²) in [6.07, 6.45) is 9.11. The van der Waals surface area contributed by atoms with Gasteiger partial charge in [-0.15, -0.1) is 0 Å². The van der Waals surface area contributed by atoms with E-state index in [0.717, 1.165) is 31.7 Å². The third-order valence-corrected chi connectivity index (χ3v) is 3.07. The van der Waals surface area contributed by atoms with E-state index in [-0.39, 0.29) is 5.91 Å². The molecule has 0 spiro atoms. The Morgan fingerprint density at radius 3 is 3.00 bits per heavy atom. The Morgan fingerprint density at radius 1 is 1.33 bits per heavy atom. The Balaban J connectivity index is 1.70. The van der Waals surface area contributed by atoms with Crippen molar-refractivity contribution in [2.75, 3.05) is 18.4 Å². The number of aryl methyl sites for hydroxylation is 1. The number of anilines is 1. The van der Waals surface area contributed by atoms with Gasteiger partial charge in [0.05, 0.1) is 6.33 Å².